The molecule has 9 heteroatoms. The van der Waals surface area contributed by atoms with E-state index in [1.54, 1.807) is 29.5 Å². The number of nitrogens with one attached hydrogen (secondary N) is 2. The van der Waals surface area contributed by atoms with Gasteiger partial charge in [-0.1, -0.05) is 18.6 Å². The van der Waals surface area contributed by atoms with E-state index in [2.05, 4.69) is 21.6 Å². The minimum atomic E-state index is -0.569. The molecule has 3 heterocycles. The third kappa shape index (κ3) is 4.53. The summed E-state index contributed by atoms with van der Waals surface area (Å²) in [5.74, 6) is 0.879. The molecule has 2 N–H and O–H groups in total. The van der Waals surface area contributed by atoms with E-state index in [0.717, 1.165) is 41.0 Å². The van der Waals surface area contributed by atoms with Crippen LogP contribution in [-0.4, -0.2) is 48.1 Å². The van der Waals surface area contributed by atoms with Crippen molar-refractivity contribution in [2.75, 3.05) is 31.6 Å². The molecule has 1 aromatic heterocycles. The first-order valence-corrected chi connectivity index (χ1v) is 11.6. The lowest BCUT2D eigenvalue weighted by Crippen LogP contribution is -2.44. The second-order valence-corrected chi connectivity index (χ2v) is 8.92. The molecule has 1 saturated heterocycles. The van der Waals surface area contributed by atoms with Crippen LogP contribution in [0.2, 0.25) is 0 Å². The summed E-state index contributed by atoms with van der Waals surface area (Å²) in [6.07, 6.45) is 3.08. The predicted octanol–water partition coefficient (Wildman–Crippen LogP) is 3.94. The summed E-state index contributed by atoms with van der Waals surface area (Å²) in [6.45, 7) is 1.92. The van der Waals surface area contributed by atoms with Gasteiger partial charge in [0.05, 0.1) is 22.8 Å². The first kappa shape index (κ1) is 20.7. The van der Waals surface area contributed by atoms with Gasteiger partial charge in [0.25, 0.3) is 0 Å². The largest absolute Gasteiger partial charge is 0.486 e. The summed E-state index contributed by atoms with van der Waals surface area (Å²) in [4.78, 5) is 31.9. The summed E-state index contributed by atoms with van der Waals surface area (Å²) in [7, 11) is 0. The number of piperidine rings is 1. The molecule has 0 saturated carbocycles. The number of fused-ring (bicyclic) bond motifs is 2. The molecular formula is C23H24N4O4S. The van der Waals surface area contributed by atoms with Crippen LogP contribution in [0.1, 0.15) is 30.3 Å². The van der Waals surface area contributed by atoms with E-state index in [9.17, 15) is 9.59 Å². The number of hydrogen-bond acceptors (Lipinski definition) is 7. The van der Waals surface area contributed by atoms with Crippen molar-refractivity contribution in [1.82, 2.24) is 15.2 Å². The molecule has 0 bridgehead atoms. The minimum Gasteiger partial charge on any atom is -0.486 e. The number of carbonyl (C=O) groups excluding carboxylic acids is 2. The molecular weight excluding hydrogens is 428 g/mol. The quantitative estimate of drug-likeness (QED) is 0.623. The number of nitrogens with zero attached hydrogens (tertiary/aromatic N) is 2. The molecule has 166 valence electrons. The van der Waals surface area contributed by atoms with Crippen molar-refractivity contribution in [2.45, 2.75) is 25.3 Å². The van der Waals surface area contributed by atoms with E-state index in [4.69, 9.17) is 14.5 Å². The summed E-state index contributed by atoms with van der Waals surface area (Å²) >= 11 is 1.68. The number of thiazole rings is 1. The number of para-hydroxylation sites is 1. The van der Waals surface area contributed by atoms with Gasteiger partial charge in [0, 0.05) is 11.8 Å². The number of benzene rings is 2. The van der Waals surface area contributed by atoms with Crippen LogP contribution in [0.4, 0.5) is 10.5 Å². The fourth-order valence-electron chi connectivity index (χ4n) is 4.13. The highest BCUT2D eigenvalue weighted by atomic mass is 32.1. The Hall–Kier alpha value is -3.17. The van der Waals surface area contributed by atoms with Gasteiger partial charge in [-0.3, -0.25) is 15.0 Å². The molecule has 3 aromatic rings. The minimum absolute atomic E-state index is 0.0905. The molecule has 0 unspecified atom stereocenters. The van der Waals surface area contributed by atoms with Crippen molar-refractivity contribution >= 4 is 39.2 Å². The molecule has 2 aliphatic rings. The Morgan fingerprint density at radius 1 is 1.09 bits per heavy atom. The van der Waals surface area contributed by atoms with Crippen LogP contribution in [0.3, 0.4) is 0 Å². The van der Waals surface area contributed by atoms with E-state index in [1.807, 2.05) is 18.2 Å². The fourth-order valence-corrected chi connectivity index (χ4v) is 5.26. The average molecular weight is 453 g/mol. The first-order chi connectivity index (χ1) is 15.7. The molecule has 3 amide bonds. The van der Waals surface area contributed by atoms with Crippen molar-refractivity contribution in [3.05, 3.63) is 47.5 Å². The number of urea groups is 1. The molecule has 1 atom stereocenters. The normalized spacial score (nSPS) is 18.3. The number of aromatic nitrogens is 1. The number of anilines is 1. The van der Waals surface area contributed by atoms with Crippen LogP contribution >= 0.6 is 11.3 Å². The smallest absolute Gasteiger partial charge is 0.325 e. The SMILES string of the molecule is O=C(CN1CCCC[C@H]1c1nc2ccccc2s1)NC(=O)Nc1ccc2c(c1)OCCO2. The third-order valence-electron chi connectivity index (χ3n) is 5.61. The van der Waals surface area contributed by atoms with Crippen molar-refractivity contribution < 1.29 is 19.1 Å². The second-order valence-electron chi connectivity index (χ2n) is 7.86. The molecule has 5 rings (SSSR count). The monoisotopic (exact) mass is 452 g/mol. The molecule has 8 nitrogen and oxygen atoms in total. The molecule has 2 aliphatic heterocycles. The number of ether oxygens (including phenoxy) is 2. The topological polar surface area (TPSA) is 92.8 Å². The number of hydrogen-bond donors (Lipinski definition) is 2. The first-order valence-electron chi connectivity index (χ1n) is 10.8. The number of imide groups is 1. The van der Waals surface area contributed by atoms with Crippen LogP contribution in [0.25, 0.3) is 10.2 Å². The van der Waals surface area contributed by atoms with Gasteiger partial charge in [-0.15, -0.1) is 11.3 Å². The molecule has 0 aliphatic carbocycles. The predicted molar refractivity (Wildman–Crippen MR) is 122 cm³/mol. The van der Waals surface area contributed by atoms with Gasteiger partial charge < -0.3 is 14.8 Å². The van der Waals surface area contributed by atoms with Gasteiger partial charge in [-0.05, 0) is 43.7 Å². The molecule has 1 fully saturated rings. The second kappa shape index (κ2) is 9.13. The zero-order chi connectivity index (χ0) is 21.9. The molecule has 2 aromatic carbocycles. The van der Waals surface area contributed by atoms with Crippen LogP contribution in [-0.2, 0) is 4.79 Å². The third-order valence-corrected chi connectivity index (χ3v) is 6.75. The zero-order valence-corrected chi connectivity index (χ0v) is 18.3. The summed E-state index contributed by atoms with van der Waals surface area (Å²) < 4.78 is 12.2. The van der Waals surface area contributed by atoms with Gasteiger partial charge >= 0.3 is 6.03 Å². The Balaban J connectivity index is 1.21. The lowest BCUT2D eigenvalue weighted by molar-refractivity contribution is -0.122. The fraction of sp³-hybridized carbons (Fsp3) is 0.348. The lowest BCUT2D eigenvalue weighted by Gasteiger charge is -2.33. The van der Waals surface area contributed by atoms with Crippen LogP contribution in [0, 0.1) is 0 Å². The van der Waals surface area contributed by atoms with Crippen molar-refractivity contribution in [3.8, 4) is 11.5 Å². The molecule has 32 heavy (non-hydrogen) atoms. The van der Waals surface area contributed by atoms with Crippen molar-refractivity contribution in [1.29, 1.82) is 0 Å². The highest BCUT2D eigenvalue weighted by Gasteiger charge is 2.28. The van der Waals surface area contributed by atoms with Gasteiger partial charge in [-0.25, -0.2) is 9.78 Å². The summed E-state index contributed by atoms with van der Waals surface area (Å²) in [5, 5.41) is 6.15. The Morgan fingerprint density at radius 2 is 1.94 bits per heavy atom. The zero-order valence-electron chi connectivity index (χ0n) is 17.5. The Kier molecular flexibility index (Phi) is 5.91. The maximum absolute atomic E-state index is 12.6. The van der Waals surface area contributed by atoms with E-state index in [1.165, 1.54) is 0 Å². The van der Waals surface area contributed by atoms with E-state index >= 15 is 0 Å². The van der Waals surface area contributed by atoms with E-state index in [-0.39, 0.29) is 18.5 Å². The van der Waals surface area contributed by atoms with E-state index in [0.29, 0.717) is 30.4 Å². The van der Waals surface area contributed by atoms with Gasteiger partial charge in [0.1, 0.15) is 18.2 Å². The number of likely N-dealkylation sites (tertiary alicyclic amines) is 1. The van der Waals surface area contributed by atoms with Gasteiger partial charge in [-0.2, -0.15) is 0 Å². The van der Waals surface area contributed by atoms with Gasteiger partial charge in [0.15, 0.2) is 11.5 Å². The number of carbonyl (C=O) groups is 2. The highest BCUT2D eigenvalue weighted by molar-refractivity contribution is 7.18. The molecule has 0 radical (unpaired) electrons. The average Bonchev–Trinajstić information content (AvgIpc) is 3.23. The van der Waals surface area contributed by atoms with Crippen LogP contribution in [0.5, 0.6) is 11.5 Å². The van der Waals surface area contributed by atoms with Crippen molar-refractivity contribution in [3.63, 3.8) is 0 Å². The Labute approximate surface area is 189 Å². The maximum Gasteiger partial charge on any atom is 0.325 e. The molecule has 0 spiro atoms. The maximum atomic E-state index is 12.6. The van der Waals surface area contributed by atoms with Crippen LogP contribution in [0.15, 0.2) is 42.5 Å². The summed E-state index contributed by atoms with van der Waals surface area (Å²) in [5.41, 5.74) is 1.52. The summed E-state index contributed by atoms with van der Waals surface area (Å²) in [6, 6.07) is 12.7. The van der Waals surface area contributed by atoms with Gasteiger partial charge in [0.2, 0.25) is 5.91 Å². The lowest BCUT2D eigenvalue weighted by atomic mass is 10.0. The highest BCUT2D eigenvalue weighted by Crippen LogP contribution is 2.35. The van der Waals surface area contributed by atoms with E-state index < -0.39 is 6.03 Å². The Bertz CT molecular complexity index is 1110. The Morgan fingerprint density at radius 3 is 2.81 bits per heavy atom. The van der Waals surface area contributed by atoms with Crippen molar-refractivity contribution in [2.24, 2.45) is 0 Å². The standard InChI is InChI=1S/C23H24N4O4S/c28-21(26-23(29)24-15-8-9-18-19(13-15)31-12-11-30-18)14-27-10-4-3-6-17(27)22-25-16-5-1-2-7-20(16)32-22/h1-2,5,7-9,13,17H,3-4,6,10-12,14H2,(H2,24,26,28,29)/t17-/m0/s1. The van der Waals surface area contributed by atoms with Crippen LogP contribution < -0.4 is 20.1 Å². The number of rotatable bonds is 4. The number of amides is 3.